The molecule has 2 heterocycles. The molecule has 1 aromatic heterocycles. The van der Waals surface area contributed by atoms with Gasteiger partial charge < -0.3 is 14.9 Å². The van der Waals surface area contributed by atoms with Crippen LogP contribution in [-0.2, 0) is 11.2 Å². The van der Waals surface area contributed by atoms with Crippen molar-refractivity contribution in [3.63, 3.8) is 0 Å². The molecule has 0 spiro atoms. The molecule has 2 unspecified atom stereocenters. The van der Waals surface area contributed by atoms with E-state index in [2.05, 4.69) is 4.98 Å². The van der Waals surface area contributed by atoms with Gasteiger partial charge in [-0.1, -0.05) is 36.0 Å². The number of rotatable bonds is 9. The fraction of sp³-hybridized carbons (Fsp3) is 0.316. The Kier molecular flexibility index (Phi) is 7.24. The first kappa shape index (κ1) is 21.3. The third-order valence-electron chi connectivity index (χ3n) is 4.19. The van der Waals surface area contributed by atoms with Crippen LogP contribution in [0.2, 0.25) is 0 Å². The number of aliphatic hydroxyl groups excluding tert-OH is 1. The Balaban J connectivity index is 1.50. The number of carbonyl (C=O) groups excluding carboxylic acids is 1. The number of aromatic nitrogens is 1. The van der Waals surface area contributed by atoms with Crippen molar-refractivity contribution in [2.45, 2.75) is 22.9 Å². The van der Waals surface area contributed by atoms with Crippen LogP contribution in [-0.4, -0.2) is 63.2 Å². The Morgan fingerprint density at radius 1 is 1.45 bits per heavy atom. The lowest BCUT2D eigenvalue weighted by Gasteiger charge is -2.18. The van der Waals surface area contributed by atoms with E-state index < -0.39 is 18.2 Å². The summed E-state index contributed by atoms with van der Waals surface area (Å²) in [5, 5.41) is 20.5. The molecule has 1 aromatic carbocycles. The fourth-order valence-corrected chi connectivity index (χ4v) is 4.53. The van der Waals surface area contributed by atoms with Crippen molar-refractivity contribution in [3.8, 4) is 0 Å². The van der Waals surface area contributed by atoms with Gasteiger partial charge in [0.15, 0.2) is 10.0 Å². The van der Waals surface area contributed by atoms with Crippen LogP contribution < -0.4 is 0 Å². The largest absolute Gasteiger partial charge is 0.476 e. The lowest BCUT2D eigenvalue weighted by Crippen LogP contribution is -2.34. The highest BCUT2D eigenvalue weighted by atomic mass is 32.2. The van der Waals surface area contributed by atoms with Gasteiger partial charge in [0.1, 0.15) is 12.4 Å². The van der Waals surface area contributed by atoms with Gasteiger partial charge in [0.2, 0.25) is 0 Å². The molecule has 10 heteroatoms. The summed E-state index contributed by atoms with van der Waals surface area (Å²) in [5.41, 5.74) is 0.814. The first-order valence-corrected chi connectivity index (χ1v) is 10.6. The van der Waals surface area contributed by atoms with Crippen LogP contribution in [0.15, 0.2) is 46.1 Å². The molecule has 1 aliphatic heterocycles. The predicted molar refractivity (Wildman–Crippen MR) is 107 cm³/mol. The molecule has 1 fully saturated rings. The number of halogens is 1. The number of hydrogen-bond donors (Lipinski definition) is 2. The molecule has 1 saturated heterocycles. The van der Waals surface area contributed by atoms with E-state index in [9.17, 15) is 19.1 Å². The smallest absolute Gasteiger partial charge is 0.410 e. The third kappa shape index (κ3) is 6.02. The number of nitrogens with zero attached hydrogens (tertiary/aromatic N) is 2. The molecule has 0 bridgehead atoms. The van der Waals surface area contributed by atoms with E-state index in [-0.39, 0.29) is 24.2 Å². The maximum absolute atomic E-state index is 12.9. The molecule has 1 aliphatic rings. The van der Waals surface area contributed by atoms with Gasteiger partial charge in [-0.25, -0.2) is 19.0 Å². The number of benzene rings is 1. The molecule has 154 valence electrons. The second-order valence-electron chi connectivity index (χ2n) is 6.27. The van der Waals surface area contributed by atoms with Crippen LogP contribution in [0, 0.1) is 5.82 Å². The fourth-order valence-electron chi connectivity index (χ4n) is 2.72. The Bertz CT molecular complexity index is 887. The van der Waals surface area contributed by atoms with Crippen LogP contribution in [0.1, 0.15) is 16.1 Å². The summed E-state index contributed by atoms with van der Waals surface area (Å²) in [6.45, 7) is 0.595. The Labute approximate surface area is 174 Å². The standard InChI is InChI=1S/C19H19FN2O5S2/c20-13-3-1-12(2-4-13)9-15(23)6-5-14-10-27-19(26)22(14)7-8-28-18-21-16(11-29-18)17(24)25/h1-6,11,14-15,23H,7-10H2,(H,24,25). The van der Waals surface area contributed by atoms with Gasteiger partial charge in [-0.3, -0.25) is 4.90 Å². The lowest BCUT2D eigenvalue weighted by molar-refractivity contribution is 0.0690. The Morgan fingerprint density at radius 3 is 2.90 bits per heavy atom. The minimum absolute atomic E-state index is 0.00837. The number of thiazole rings is 1. The number of amides is 1. The summed E-state index contributed by atoms with van der Waals surface area (Å²) in [5.74, 6) is -0.865. The zero-order valence-corrected chi connectivity index (χ0v) is 16.9. The first-order valence-electron chi connectivity index (χ1n) is 8.78. The summed E-state index contributed by atoms with van der Waals surface area (Å²) in [6.07, 6.45) is 2.48. The summed E-state index contributed by atoms with van der Waals surface area (Å²) in [6, 6.07) is 5.63. The quantitative estimate of drug-likeness (QED) is 0.458. The number of ether oxygens (including phenoxy) is 1. The zero-order valence-electron chi connectivity index (χ0n) is 15.2. The van der Waals surface area contributed by atoms with Crippen LogP contribution in [0.5, 0.6) is 0 Å². The number of thioether (sulfide) groups is 1. The Morgan fingerprint density at radius 2 is 2.21 bits per heavy atom. The van der Waals surface area contributed by atoms with Crippen molar-refractivity contribution >= 4 is 35.2 Å². The van der Waals surface area contributed by atoms with Gasteiger partial charge >= 0.3 is 12.1 Å². The van der Waals surface area contributed by atoms with Crippen LogP contribution in [0.25, 0.3) is 0 Å². The molecular formula is C19H19FN2O5S2. The van der Waals surface area contributed by atoms with Gasteiger partial charge in [0.05, 0.1) is 12.1 Å². The highest BCUT2D eigenvalue weighted by molar-refractivity contribution is 8.01. The van der Waals surface area contributed by atoms with Gasteiger partial charge in [-0.05, 0) is 17.7 Å². The topological polar surface area (TPSA) is 100.0 Å². The monoisotopic (exact) mass is 438 g/mol. The third-order valence-corrected chi connectivity index (χ3v) is 6.19. The predicted octanol–water partition coefficient (Wildman–Crippen LogP) is 3.05. The molecule has 0 aliphatic carbocycles. The molecule has 29 heavy (non-hydrogen) atoms. The number of hydrogen-bond acceptors (Lipinski definition) is 7. The highest BCUT2D eigenvalue weighted by Gasteiger charge is 2.30. The van der Waals surface area contributed by atoms with Gasteiger partial charge in [-0.2, -0.15) is 0 Å². The van der Waals surface area contributed by atoms with Gasteiger partial charge in [0, 0.05) is 24.1 Å². The van der Waals surface area contributed by atoms with E-state index in [1.807, 2.05) is 0 Å². The maximum atomic E-state index is 12.9. The summed E-state index contributed by atoms with van der Waals surface area (Å²) in [7, 11) is 0. The highest BCUT2D eigenvalue weighted by Crippen LogP contribution is 2.24. The zero-order chi connectivity index (χ0) is 20.8. The molecule has 7 nitrogen and oxygen atoms in total. The second-order valence-corrected chi connectivity index (χ2v) is 8.47. The molecule has 2 atom stereocenters. The van der Waals surface area contributed by atoms with Crippen molar-refractivity contribution in [3.05, 3.63) is 58.9 Å². The van der Waals surface area contributed by atoms with Crippen molar-refractivity contribution < 1.29 is 28.9 Å². The average molecular weight is 439 g/mol. The normalized spacial score (nSPS) is 17.7. The van der Waals surface area contributed by atoms with E-state index in [0.717, 1.165) is 5.56 Å². The molecule has 3 rings (SSSR count). The summed E-state index contributed by atoms with van der Waals surface area (Å²) >= 11 is 2.61. The Hall–Kier alpha value is -2.43. The molecule has 1 amide bonds. The number of carboxylic acids is 1. The number of carboxylic acid groups (broad SMARTS) is 1. The van der Waals surface area contributed by atoms with Crippen molar-refractivity contribution in [1.82, 2.24) is 9.88 Å². The van der Waals surface area contributed by atoms with E-state index >= 15 is 0 Å². The van der Waals surface area contributed by atoms with E-state index in [1.54, 1.807) is 29.2 Å². The van der Waals surface area contributed by atoms with Crippen molar-refractivity contribution in [1.29, 1.82) is 0 Å². The molecule has 2 aromatic rings. The molecule has 2 N–H and O–H groups in total. The first-order chi connectivity index (χ1) is 13.9. The van der Waals surface area contributed by atoms with Crippen LogP contribution in [0.3, 0.4) is 0 Å². The number of aliphatic hydroxyl groups is 1. The second kappa shape index (κ2) is 9.86. The average Bonchev–Trinajstić information content (AvgIpc) is 3.30. The van der Waals surface area contributed by atoms with Crippen LogP contribution >= 0.6 is 23.1 Å². The van der Waals surface area contributed by atoms with Crippen molar-refractivity contribution in [2.24, 2.45) is 0 Å². The number of carbonyl (C=O) groups is 2. The van der Waals surface area contributed by atoms with Crippen LogP contribution in [0.4, 0.5) is 9.18 Å². The number of cyclic esters (lactones) is 1. The molecule has 0 radical (unpaired) electrons. The van der Waals surface area contributed by atoms with Gasteiger partial charge in [-0.15, -0.1) is 11.3 Å². The SMILES string of the molecule is O=C(O)c1csc(SCCN2C(=O)OCC2C=CC(O)Cc2ccc(F)cc2)n1. The van der Waals surface area contributed by atoms with Gasteiger partial charge in [0.25, 0.3) is 0 Å². The number of aromatic carboxylic acids is 1. The van der Waals surface area contributed by atoms with E-state index in [1.165, 1.54) is 40.6 Å². The molecular weight excluding hydrogens is 419 g/mol. The summed E-state index contributed by atoms with van der Waals surface area (Å²) in [4.78, 5) is 28.4. The maximum Gasteiger partial charge on any atom is 0.410 e. The van der Waals surface area contributed by atoms with Crippen molar-refractivity contribution in [2.75, 3.05) is 18.9 Å². The lowest BCUT2D eigenvalue weighted by atomic mass is 10.1. The van der Waals surface area contributed by atoms with E-state index in [0.29, 0.717) is 23.1 Å². The minimum atomic E-state index is -1.07. The summed E-state index contributed by atoms with van der Waals surface area (Å²) < 4.78 is 18.7. The minimum Gasteiger partial charge on any atom is -0.476 e. The molecule has 0 saturated carbocycles. The van der Waals surface area contributed by atoms with E-state index in [4.69, 9.17) is 9.84 Å².